The van der Waals surface area contributed by atoms with E-state index in [9.17, 15) is 4.39 Å². The molecule has 0 aliphatic carbocycles. The topological polar surface area (TPSA) is 59.0 Å². The average Bonchev–Trinajstić information content (AvgIpc) is 2.21. The molecule has 0 fully saturated rings. The summed E-state index contributed by atoms with van der Waals surface area (Å²) in [6, 6.07) is 6.18. The maximum atomic E-state index is 12.7. The van der Waals surface area contributed by atoms with Crippen molar-refractivity contribution < 1.29 is 9.13 Å². The highest BCUT2D eigenvalue weighted by atomic mass is 19.1. The first-order valence-corrected chi connectivity index (χ1v) is 5.04. The lowest BCUT2D eigenvalue weighted by atomic mass is 9.92. The number of hydrogen-bond acceptors (Lipinski definition) is 3. The van der Waals surface area contributed by atoms with Gasteiger partial charge in [0, 0.05) is 6.07 Å². The third-order valence-corrected chi connectivity index (χ3v) is 2.26. The molecule has 2 N–H and O–H groups in total. The van der Waals surface area contributed by atoms with Crippen LogP contribution < -0.4 is 10.5 Å². The number of nitrogen functional groups attached to an aromatic ring is 1. The molecular formula is C12H15FN2O. The Balaban J connectivity index is 2.53. The van der Waals surface area contributed by atoms with Crippen LogP contribution in [0.2, 0.25) is 0 Å². The van der Waals surface area contributed by atoms with Crippen molar-refractivity contribution in [2.75, 3.05) is 12.3 Å². The van der Waals surface area contributed by atoms with Crippen molar-refractivity contribution in [2.45, 2.75) is 20.3 Å². The molecule has 0 unspecified atom stereocenters. The van der Waals surface area contributed by atoms with Crippen LogP contribution >= 0.6 is 0 Å². The van der Waals surface area contributed by atoms with Gasteiger partial charge in [-0.15, -0.1) is 0 Å². The number of ether oxygens (including phenoxy) is 1. The monoisotopic (exact) mass is 222 g/mol. The number of benzene rings is 1. The van der Waals surface area contributed by atoms with Crippen LogP contribution in [0.15, 0.2) is 18.2 Å². The molecule has 1 aromatic rings. The van der Waals surface area contributed by atoms with Crippen molar-refractivity contribution in [2.24, 2.45) is 5.41 Å². The van der Waals surface area contributed by atoms with E-state index in [0.29, 0.717) is 18.8 Å². The van der Waals surface area contributed by atoms with Gasteiger partial charge in [-0.3, -0.25) is 0 Å². The summed E-state index contributed by atoms with van der Waals surface area (Å²) in [4.78, 5) is 0. The standard InChI is InChI=1S/C12H15FN2O/c1-12(2,8-14)5-6-16-11-4-3-9(13)7-10(11)15/h3-4,7H,5-6,15H2,1-2H3. The molecule has 0 saturated heterocycles. The van der Waals surface area contributed by atoms with E-state index in [2.05, 4.69) is 6.07 Å². The van der Waals surface area contributed by atoms with Crippen molar-refractivity contribution in [1.29, 1.82) is 5.26 Å². The van der Waals surface area contributed by atoms with E-state index in [1.807, 2.05) is 13.8 Å². The minimum absolute atomic E-state index is 0.273. The molecule has 0 aromatic heterocycles. The number of nitrogens with zero attached hydrogens (tertiary/aromatic N) is 1. The Kier molecular flexibility index (Phi) is 3.73. The Bertz CT molecular complexity index is 410. The normalized spacial score (nSPS) is 10.9. The highest BCUT2D eigenvalue weighted by molar-refractivity contribution is 5.52. The smallest absolute Gasteiger partial charge is 0.142 e. The van der Waals surface area contributed by atoms with Gasteiger partial charge in [0.2, 0.25) is 0 Å². The molecule has 0 aliphatic heterocycles. The third-order valence-electron chi connectivity index (χ3n) is 2.26. The van der Waals surface area contributed by atoms with Crippen LogP contribution in [-0.4, -0.2) is 6.61 Å². The number of anilines is 1. The fraction of sp³-hybridized carbons (Fsp3) is 0.417. The molecule has 1 aromatic carbocycles. The van der Waals surface area contributed by atoms with E-state index in [4.69, 9.17) is 15.7 Å². The molecule has 0 saturated carbocycles. The summed E-state index contributed by atoms with van der Waals surface area (Å²) >= 11 is 0. The molecule has 0 bridgehead atoms. The minimum Gasteiger partial charge on any atom is -0.491 e. The first-order valence-electron chi connectivity index (χ1n) is 5.04. The Morgan fingerprint density at radius 3 is 2.75 bits per heavy atom. The van der Waals surface area contributed by atoms with Gasteiger partial charge in [-0.25, -0.2) is 4.39 Å². The van der Waals surface area contributed by atoms with Gasteiger partial charge >= 0.3 is 0 Å². The van der Waals surface area contributed by atoms with E-state index >= 15 is 0 Å². The van der Waals surface area contributed by atoms with Gasteiger partial charge in [-0.05, 0) is 32.4 Å². The third kappa shape index (κ3) is 3.43. The molecule has 0 atom stereocenters. The van der Waals surface area contributed by atoms with Crippen molar-refractivity contribution >= 4 is 5.69 Å². The van der Waals surface area contributed by atoms with Crippen LogP contribution in [0.25, 0.3) is 0 Å². The molecule has 0 amide bonds. The van der Waals surface area contributed by atoms with Crippen LogP contribution in [0.3, 0.4) is 0 Å². The van der Waals surface area contributed by atoms with Crippen molar-refractivity contribution in [3.05, 3.63) is 24.0 Å². The average molecular weight is 222 g/mol. The van der Waals surface area contributed by atoms with E-state index in [1.54, 1.807) is 0 Å². The summed E-state index contributed by atoms with van der Waals surface area (Å²) in [7, 11) is 0. The summed E-state index contributed by atoms with van der Waals surface area (Å²) in [6.45, 7) is 4.06. The predicted octanol–water partition coefficient (Wildman–Crippen LogP) is 2.73. The van der Waals surface area contributed by atoms with E-state index in [-0.39, 0.29) is 11.5 Å². The Hall–Kier alpha value is -1.76. The quantitative estimate of drug-likeness (QED) is 0.797. The maximum Gasteiger partial charge on any atom is 0.142 e. The predicted molar refractivity (Wildman–Crippen MR) is 60.3 cm³/mol. The Morgan fingerprint density at radius 2 is 2.19 bits per heavy atom. The number of hydrogen-bond donors (Lipinski definition) is 1. The van der Waals surface area contributed by atoms with Crippen LogP contribution in [-0.2, 0) is 0 Å². The second-order valence-electron chi connectivity index (χ2n) is 4.28. The van der Waals surface area contributed by atoms with Gasteiger partial charge < -0.3 is 10.5 Å². The van der Waals surface area contributed by atoms with Crippen molar-refractivity contribution in [1.82, 2.24) is 0 Å². The lowest BCUT2D eigenvalue weighted by Crippen LogP contribution is -2.13. The molecule has 3 nitrogen and oxygen atoms in total. The van der Waals surface area contributed by atoms with Gasteiger partial charge in [0.1, 0.15) is 11.6 Å². The second-order valence-corrected chi connectivity index (χ2v) is 4.28. The van der Waals surface area contributed by atoms with Gasteiger partial charge in [0.05, 0.1) is 23.8 Å². The molecule has 0 heterocycles. The fourth-order valence-corrected chi connectivity index (χ4v) is 1.12. The van der Waals surface area contributed by atoms with Crippen LogP contribution in [0.5, 0.6) is 5.75 Å². The minimum atomic E-state index is -0.422. The second kappa shape index (κ2) is 4.84. The van der Waals surface area contributed by atoms with Gasteiger partial charge in [-0.2, -0.15) is 5.26 Å². The number of nitrogens with two attached hydrogens (primary N) is 1. The molecule has 0 aliphatic rings. The Labute approximate surface area is 94.6 Å². The molecule has 86 valence electrons. The largest absolute Gasteiger partial charge is 0.491 e. The number of rotatable bonds is 4. The van der Waals surface area contributed by atoms with E-state index in [0.717, 1.165) is 0 Å². The molecule has 0 spiro atoms. The number of halogens is 1. The van der Waals surface area contributed by atoms with Crippen molar-refractivity contribution in [3.8, 4) is 11.8 Å². The number of nitriles is 1. The van der Waals surface area contributed by atoms with E-state index < -0.39 is 5.41 Å². The zero-order chi connectivity index (χ0) is 12.2. The Morgan fingerprint density at radius 1 is 1.50 bits per heavy atom. The molecule has 1 rings (SSSR count). The zero-order valence-electron chi connectivity index (χ0n) is 9.46. The molecular weight excluding hydrogens is 207 g/mol. The highest BCUT2D eigenvalue weighted by Gasteiger charge is 2.16. The molecule has 4 heteroatoms. The molecule has 0 radical (unpaired) electrons. The summed E-state index contributed by atoms with van der Waals surface area (Å²) in [5, 5.41) is 8.80. The molecule has 16 heavy (non-hydrogen) atoms. The summed E-state index contributed by atoms with van der Waals surface area (Å²) < 4.78 is 18.1. The van der Waals surface area contributed by atoms with Crippen LogP contribution in [0, 0.1) is 22.6 Å². The first kappa shape index (κ1) is 12.3. The van der Waals surface area contributed by atoms with E-state index in [1.165, 1.54) is 18.2 Å². The van der Waals surface area contributed by atoms with Gasteiger partial charge in [-0.1, -0.05) is 0 Å². The highest BCUT2D eigenvalue weighted by Crippen LogP contribution is 2.24. The SMILES string of the molecule is CC(C)(C#N)CCOc1ccc(F)cc1N. The van der Waals surface area contributed by atoms with Gasteiger partial charge in [0.15, 0.2) is 0 Å². The fourth-order valence-electron chi connectivity index (χ4n) is 1.12. The van der Waals surface area contributed by atoms with Crippen molar-refractivity contribution in [3.63, 3.8) is 0 Å². The lowest BCUT2D eigenvalue weighted by Gasteiger charge is -2.15. The van der Waals surface area contributed by atoms with Crippen LogP contribution in [0.1, 0.15) is 20.3 Å². The zero-order valence-corrected chi connectivity index (χ0v) is 9.46. The summed E-state index contributed by atoms with van der Waals surface area (Å²) in [5.74, 6) is 0.0670. The summed E-state index contributed by atoms with van der Waals surface area (Å²) in [6.07, 6.45) is 0.598. The maximum absolute atomic E-state index is 12.7. The van der Waals surface area contributed by atoms with Gasteiger partial charge in [0.25, 0.3) is 0 Å². The van der Waals surface area contributed by atoms with Crippen LogP contribution in [0.4, 0.5) is 10.1 Å². The lowest BCUT2D eigenvalue weighted by molar-refractivity contribution is 0.265. The first-order chi connectivity index (χ1) is 7.44. The summed E-state index contributed by atoms with van der Waals surface area (Å²) in [5.41, 5.74) is 5.42.